The summed E-state index contributed by atoms with van der Waals surface area (Å²) in [6.07, 6.45) is 9.10. The second-order valence-electron chi connectivity index (χ2n) is 7.22. The van der Waals surface area contributed by atoms with Gasteiger partial charge >= 0.3 is 0 Å². The van der Waals surface area contributed by atoms with Gasteiger partial charge in [0.25, 0.3) is 0 Å². The maximum Gasteiger partial charge on any atom is -0.0145 e. The molecule has 0 saturated heterocycles. The molecule has 0 aromatic heterocycles. The molecule has 0 bridgehead atoms. The van der Waals surface area contributed by atoms with Crippen molar-refractivity contribution in [3.05, 3.63) is 77.9 Å². The summed E-state index contributed by atoms with van der Waals surface area (Å²) in [6.45, 7) is 0. The monoisotopic (exact) mass is 310 g/mol. The van der Waals surface area contributed by atoms with Crippen LogP contribution in [0.1, 0.15) is 36.8 Å². The Labute approximate surface area is 143 Å². The van der Waals surface area contributed by atoms with Gasteiger partial charge in [-0.1, -0.05) is 60.7 Å². The molecule has 118 valence electrons. The van der Waals surface area contributed by atoms with Crippen molar-refractivity contribution >= 4 is 16.3 Å². The second kappa shape index (κ2) is 5.63. The Morgan fingerprint density at radius 2 is 1.71 bits per heavy atom. The Hall–Kier alpha value is -2.34. The van der Waals surface area contributed by atoms with Crippen molar-refractivity contribution in [3.63, 3.8) is 0 Å². The van der Waals surface area contributed by atoms with Crippen molar-refractivity contribution in [2.24, 2.45) is 5.92 Å². The Morgan fingerprint density at radius 3 is 2.62 bits per heavy atom. The van der Waals surface area contributed by atoms with E-state index in [1.807, 2.05) is 0 Å². The van der Waals surface area contributed by atoms with Gasteiger partial charge in [-0.25, -0.2) is 0 Å². The lowest BCUT2D eigenvalue weighted by Gasteiger charge is -2.31. The highest BCUT2D eigenvalue weighted by Gasteiger charge is 2.26. The molecule has 0 saturated carbocycles. The third-order valence-electron chi connectivity index (χ3n) is 5.85. The van der Waals surface area contributed by atoms with Crippen molar-refractivity contribution < 1.29 is 0 Å². The normalized spacial score (nSPS) is 19.5. The summed E-state index contributed by atoms with van der Waals surface area (Å²) in [4.78, 5) is 0. The van der Waals surface area contributed by atoms with Crippen LogP contribution in [-0.2, 0) is 6.42 Å². The van der Waals surface area contributed by atoms with E-state index in [1.165, 1.54) is 59.6 Å². The zero-order chi connectivity index (χ0) is 15.9. The summed E-state index contributed by atoms with van der Waals surface area (Å²) < 4.78 is 0. The van der Waals surface area contributed by atoms with Crippen LogP contribution in [0.2, 0.25) is 0 Å². The Balaban J connectivity index is 1.66. The molecular weight excluding hydrogens is 288 g/mol. The van der Waals surface area contributed by atoms with Gasteiger partial charge in [-0.3, -0.25) is 0 Å². The predicted molar refractivity (Wildman–Crippen MR) is 103 cm³/mol. The summed E-state index contributed by atoms with van der Waals surface area (Å²) in [5.74, 6) is 0.812. The third-order valence-corrected chi connectivity index (χ3v) is 5.85. The molecule has 2 aliphatic carbocycles. The molecule has 2 aliphatic rings. The number of benzene rings is 3. The van der Waals surface area contributed by atoms with Crippen LogP contribution in [0.4, 0.5) is 0 Å². The van der Waals surface area contributed by atoms with Gasteiger partial charge in [0.2, 0.25) is 0 Å². The topological polar surface area (TPSA) is 0 Å². The Bertz CT molecular complexity index is 931. The quantitative estimate of drug-likeness (QED) is 0.473. The average molecular weight is 310 g/mol. The van der Waals surface area contributed by atoms with Gasteiger partial charge in [-0.15, -0.1) is 0 Å². The minimum atomic E-state index is 0.812. The second-order valence-corrected chi connectivity index (χ2v) is 7.22. The smallest absolute Gasteiger partial charge is 0.0145 e. The molecule has 5 rings (SSSR count). The van der Waals surface area contributed by atoms with E-state index in [0.29, 0.717) is 0 Å². The third kappa shape index (κ3) is 2.21. The van der Waals surface area contributed by atoms with Crippen LogP contribution in [0.5, 0.6) is 0 Å². The number of fused-ring (bicyclic) bond motifs is 5. The van der Waals surface area contributed by atoms with Gasteiger partial charge in [-0.05, 0) is 82.7 Å². The molecule has 0 N–H and O–H groups in total. The van der Waals surface area contributed by atoms with Gasteiger partial charge in [-0.2, -0.15) is 0 Å². The largest absolute Gasteiger partial charge is 0.0804 e. The first kappa shape index (κ1) is 14.0. The van der Waals surface area contributed by atoms with E-state index in [1.54, 1.807) is 11.1 Å². The fourth-order valence-corrected chi connectivity index (χ4v) is 4.64. The van der Waals surface area contributed by atoms with Crippen LogP contribution in [0, 0.1) is 5.92 Å². The zero-order valence-corrected chi connectivity index (χ0v) is 14.0. The average Bonchev–Trinajstić information content (AvgIpc) is 2.67. The molecule has 0 spiro atoms. The number of hydrogen-bond acceptors (Lipinski definition) is 0. The summed E-state index contributed by atoms with van der Waals surface area (Å²) in [5, 5.41) is 2.84. The summed E-state index contributed by atoms with van der Waals surface area (Å²) in [6, 6.07) is 22.4. The molecule has 0 amide bonds. The van der Waals surface area contributed by atoms with E-state index >= 15 is 0 Å². The maximum absolute atomic E-state index is 2.51. The minimum absolute atomic E-state index is 0.812. The summed E-state index contributed by atoms with van der Waals surface area (Å²) >= 11 is 0. The Kier molecular flexibility index (Phi) is 3.29. The fraction of sp³-hybridized carbons (Fsp3) is 0.250. The van der Waals surface area contributed by atoms with E-state index in [4.69, 9.17) is 0 Å². The lowest BCUT2D eigenvalue weighted by Crippen LogP contribution is -2.16. The SMILES string of the molecule is C1=C2c3ccc4cc(-c5ccccc5)ccc4c3CCC2CCC1. The minimum Gasteiger partial charge on any atom is -0.0804 e. The van der Waals surface area contributed by atoms with Crippen LogP contribution in [0.25, 0.3) is 27.5 Å². The van der Waals surface area contributed by atoms with E-state index < -0.39 is 0 Å². The standard InChI is InChI=1S/C24H22/c1-2-6-17(7-3-1)19-11-13-22-20(16-19)12-15-23-21-9-5-4-8-18(21)10-14-24(22)23/h1-3,6-7,9,11-13,15-16,18H,4-5,8,10,14H2. The predicted octanol–water partition coefficient (Wildman–Crippen LogP) is 6.64. The summed E-state index contributed by atoms with van der Waals surface area (Å²) in [5.41, 5.74) is 7.36. The Morgan fingerprint density at radius 1 is 0.792 bits per heavy atom. The molecule has 3 aromatic rings. The first-order chi connectivity index (χ1) is 11.9. The van der Waals surface area contributed by atoms with Crippen molar-refractivity contribution in [2.75, 3.05) is 0 Å². The molecule has 0 radical (unpaired) electrons. The highest BCUT2D eigenvalue weighted by atomic mass is 14.3. The number of aryl methyl sites for hydroxylation is 1. The molecule has 0 nitrogen and oxygen atoms in total. The van der Waals surface area contributed by atoms with Crippen molar-refractivity contribution in [1.82, 2.24) is 0 Å². The van der Waals surface area contributed by atoms with Gasteiger partial charge in [0.05, 0.1) is 0 Å². The van der Waals surface area contributed by atoms with Crippen LogP contribution >= 0.6 is 0 Å². The van der Waals surface area contributed by atoms with Crippen LogP contribution in [0.15, 0.2) is 66.7 Å². The van der Waals surface area contributed by atoms with Crippen LogP contribution in [0.3, 0.4) is 0 Å². The van der Waals surface area contributed by atoms with Crippen molar-refractivity contribution in [3.8, 4) is 11.1 Å². The number of rotatable bonds is 1. The van der Waals surface area contributed by atoms with Crippen molar-refractivity contribution in [2.45, 2.75) is 32.1 Å². The molecule has 0 heterocycles. The lowest BCUT2D eigenvalue weighted by atomic mass is 9.73. The van der Waals surface area contributed by atoms with E-state index in [9.17, 15) is 0 Å². The van der Waals surface area contributed by atoms with Crippen LogP contribution in [-0.4, -0.2) is 0 Å². The molecule has 24 heavy (non-hydrogen) atoms. The molecule has 0 aliphatic heterocycles. The van der Waals surface area contributed by atoms with Gasteiger partial charge in [0.1, 0.15) is 0 Å². The molecule has 1 atom stereocenters. The molecule has 3 aromatic carbocycles. The van der Waals surface area contributed by atoms with E-state index in [2.05, 4.69) is 66.7 Å². The van der Waals surface area contributed by atoms with Gasteiger partial charge < -0.3 is 0 Å². The molecule has 0 heteroatoms. The zero-order valence-electron chi connectivity index (χ0n) is 14.0. The highest BCUT2D eigenvalue weighted by Crippen LogP contribution is 2.43. The number of hydrogen-bond donors (Lipinski definition) is 0. The summed E-state index contributed by atoms with van der Waals surface area (Å²) in [7, 11) is 0. The number of allylic oxidation sites excluding steroid dienone is 2. The van der Waals surface area contributed by atoms with E-state index in [-0.39, 0.29) is 0 Å². The first-order valence-electron chi connectivity index (χ1n) is 9.22. The fourth-order valence-electron chi connectivity index (χ4n) is 4.64. The molecule has 0 fully saturated rings. The maximum atomic E-state index is 2.51. The first-order valence-corrected chi connectivity index (χ1v) is 9.22. The lowest BCUT2D eigenvalue weighted by molar-refractivity contribution is 0.510. The van der Waals surface area contributed by atoms with Crippen molar-refractivity contribution in [1.29, 1.82) is 0 Å². The van der Waals surface area contributed by atoms with E-state index in [0.717, 1.165) is 5.92 Å². The highest BCUT2D eigenvalue weighted by molar-refractivity contribution is 5.94. The van der Waals surface area contributed by atoms with Gasteiger partial charge in [0.15, 0.2) is 0 Å². The van der Waals surface area contributed by atoms with Crippen LogP contribution < -0.4 is 0 Å². The van der Waals surface area contributed by atoms with Gasteiger partial charge in [0, 0.05) is 0 Å². The molecular formula is C24H22. The molecule has 1 unspecified atom stereocenters.